The lowest BCUT2D eigenvalue weighted by molar-refractivity contribution is -0.138. The third kappa shape index (κ3) is 6.28. The minimum absolute atomic E-state index is 0.0306. The number of piperazine rings is 1. The lowest BCUT2D eigenvalue weighted by atomic mass is 9.96. The number of halogens is 4. The number of alkyl halides is 3. The molecule has 1 saturated heterocycles. The zero-order valence-corrected chi connectivity index (χ0v) is 24.2. The number of aromatic nitrogens is 3. The molecule has 0 radical (unpaired) electrons. The summed E-state index contributed by atoms with van der Waals surface area (Å²) in [6, 6.07) is 6.84. The van der Waals surface area contributed by atoms with E-state index in [1.165, 1.54) is 18.3 Å². The summed E-state index contributed by atoms with van der Waals surface area (Å²) in [5, 5.41) is 11.7. The van der Waals surface area contributed by atoms with Gasteiger partial charge in [-0.2, -0.15) is 18.4 Å². The predicted octanol–water partition coefficient (Wildman–Crippen LogP) is 4.27. The summed E-state index contributed by atoms with van der Waals surface area (Å²) in [5.74, 6) is -1.05. The fourth-order valence-corrected chi connectivity index (χ4v) is 5.56. The molecule has 1 amide bonds. The molecule has 1 aromatic carbocycles. The lowest BCUT2D eigenvalue weighted by Gasteiger charge is -2.44. The van der Waals surface area contributed by atoms with Gasteiger partial charge in [0.05, 0.1) is 22.5 Å². The van der Waals surface area contributed by atoms with Gasteiger partial charge in [0.1, 0.15) is 17.7 Å². The van der Waals surface area contributed by atoms with Gasteiger partial charge < -0.3 is 20.1 Å². The molecule has 5 rings (SSSR count). The van der Waals surface area contributed by atoms with E-state index in [1.807, 2.05) is 42.8 Å². The number of hydrogen-bond acceptors (Lipinski definition) is 8. The van der Waals surface area contributed by atoms with Crippen molar-refractivity contribution in [3.8, 4) is 6.07 Å². The maximum absolute atomic E-state index is 15.8. The van der Waals surface area contributed by atoms with E-state index in [-0.39, 0.29) is 29.2 Å². The highest BCUT2D eigenvalue weighted by Gasteiger charge is 2.36. The second-order valence-corrected chi connectivity index (χ2v) is 11.0. The standard InChI is InChI=1S/C30H30F4N8O2/c1-17-15-42(16-18(2)40(17)3)25-12-23(31)20(19-5-8-41(9-6-19)27-4-7-36-26(13-35)39-27)10-24(25)38-29(44)21-14-37-28(43)11-22(21)30(32,33)34/h4-5,7,10-12,14,17-18H,6,8-9,15-16H2,1-3H3,(H,37,43)(H,38,44)/t17-,18+. The van der Waals surface area contributed by atoms with Crippen LogP contribution in [0.1, 0.15) is 47.6 Å². The van der Waals surface area contributed by atoms with Crippen molar-refractivity contribution in [2.24, 2.45) is 0 Å². The highest BCUT2D eigenvalue weighted by Crippen LogP contribution is 2.37. The molecule has 10 nitrogen and oxygen atoms in total. The van der Waals surface area contributed by atoms with Gasteiger partial charge in [-0.05, 0) is 51.1 Å². The maximum atomic E-state index is 15.8. The van der Waals surface area contributed by atoms with Gasteiger partial charge in [-0.15, -0.1) is 0 Å². The first kappa shape index (κ1) is 30.7. The van der Waals surface area contributed by atoms with E-state index in [9.17, 15) is 22.8 Å². The normalized spacial score (nSPS) is 19.4. The SMILES string of the molecule is C[C@@H]1CN(c2cc(F)c(C3=CCN(c4ccnc(C#N)n4)CC3)cc2NC(=O)c2c[nH]c(=O)cc2C(F)(F)F)C[C@H](C)N1C. The number of carbonyl (C=O) groups excluding carboxylic acids is 1. The van der Waals surface area contributed by atoms with E-state index in [2.05, 4.69) is 25.2 Å². The first-order valence-electron chi connectivity index (χ1n) is 13.9. The Hall–Kier alpha value is -4.77. The number of benzene rings is 1. The smallest absolute Gasteiger partial charge is 0.367 e. The average molecular weight is 611 g/mol. The Morgan fingerprint density at radius 2 is 1.89 bits per heavy atom. The number of nitriles is 1. The molecule has 4 heterocycles. The van der Waals surface area contributed by atoms with Gasteiger partial charge in [0.2, 0.25) is 11.4 Å². The van der Waals surface area contributed by atoms with Crippen LogP contribution in [0.4, 0.5) is 34.8 Å². The Balaban J connectivity index is 1.52. The van der Waals surface area contributed by atoms with E-state index < -0.39 is 34.6 Å². The summed E-state index contributed by atoms with van der Waals surface area (Å²) < 4.78 is 57.1. The van der Waals surface area contributed by atoms with E-state index in [4.69, 9.17) is 5.26 Å². The molecule has 3 aromatic rings. The van der Waals surface area contributed by atoms with E-state index >= 15 is 4.39 Å². The minimum Gasteiger partial charge on any atom is -0.367 e. The largest absolute Gasteiger partial charge is 0.417 e. The van der Waals surface area contributed by atoms with Crippen molar-refractivity contribution in [2.45, 2.75) is 38.5 Å². The fourth-order valence-electron chi connectivity index (χ4n) is 5.56. The van der Waals surface area contributed by atoms with Crippen molar-refractivity contribution < 1.29 is 22.4 Å². The lowest BCUT2D eigenvalue weighted by Crippen LogP contribution is -2.55. The van der Waals surface area contributed by atoms with Gasteiger partial charge in [0, 0.05) is 62.3 Å². The molecule has 0 spiro atoms. The van der Waals surface area contributed by atoms with Crippen LogP contribution in [0.5, 0.6) is 0 Å². The van der Waals surface area contributed by atoms with Crippen LogP contribution in [0.15, 0.2) is 47.5 Å². The second-order valence-electron chi connectivity index (χ2n) is 11.0. The van der Waals surface area contributed by atoms with Crippen molar-refractivity contribution in [3.05, 3.63) is 81.4 Å². The third-order valence-electron chi connectivity index (χ3n) is 8.13. The summed E-state index contributed by atoms with van der Waals surface area (Å²) in [6.07, 6.45) is -0.522. The van der Waals surface area contributed by atoms with Gasteiger partial charge in [0.25, 0.3) is 5.91 Å². The summed E-state index contributed by atoms with van der Waals surface area (Å²) in [7, 11) is 1.98. The number of aromatic amines is 1. The number of anilines is 3. The molecule has 0 bridgehead atoms. The molecule has 2 aliphatic heterocycles. The van der Waals surface area contributed by atoms with Gasteiger partial charge in [-0.25, -0.2) is 14.4 Å². The van der Waals surface area contributed by atoms with Crippen LogP contribution in [0, 0.1) is 17.1 Å². The summed E-state index contributed by atoms with van der Waals surface area (Å²) in [4.78, 5) is 41.2. The number of nitrogens with zero attached hydrogens (tertiary/aromatic N) is 6. The molecule has 2 N–H and O–H groups in total. The molecular formula is C30H30F4N8O2. The van der Waals surface area contributed by atoms with Gasteiger partial charge in [0.15, 0.2) is 0 Å². The number of amides is 1. The van der Waals surface area contributed by atoms with Crippen LogP contribution in [0.25, 0.3) is 5.57 Å². The maximum Gasteiger partial charge on any atom is 0.417 e. The quantitative estimate of drug-likeness (QED) is 0.411. The summed E-state index contributed by atoms with van der Waals surface area (Å²) in [6.45, 7) is 5.83. The third-order valence-corrected chi connectivity index (χ3v) is 8.13. The number of nitrogens with one attached hydrogen (secondary N) is 2. The summed E-state index contributed by atoms with van der Waals surface area (Å²) in [5.41, 5.74) is -1.79. The van der Waals surface area contributed by atoms with Crippen LogP contribution in [-0.4, -0.2) is 71.1 Å². The van der Waals surface area contributed by atoms with Crippen molar-refractivity contribution >= 4 is 28.7 Å². The minimum atomic E-state index is -4.95. The van der Waals surface area contributed by atoms with Gasteiger partial charge in [-0.3, -0.25) is 14.5 Å². The topological polar surface area (TPSA) is 121 Å². The number of H-pyrrole nitrogens is 1. The first-order chi connectivity index (χ1) is 20.8. The molecule has 2 aromatic heterocycles. The Labute approximate surface area is 250 Å². The molecule has 0 saturated carbocycles. The number of carbonyl (C=O) groups is 1. The van der Waals surface area contributed by atoms with Crippen molar-refractivity contribution in [3.63, 3.8) is 0 Å². The predicted molar refractivity (Wildman–Crippen MR) is 157 cm³/mol. The van der Waals surface area contributed by atoms with E-state index in [0.29, 0.717) is 55.7 Å². The molecule has 1 fully saturated rings. The molecule has 0 unspecified atom stereocenters. The molecule has 230 valence electrons. The monoisotopic (exact) mass is 610 g/mol. The Bertz CT molecular complexity index is 1700. The van der Waals surface area contributed by atoms with Crippen LogP contribution in [0.3, 0.4) is 0 Å². The molecule has 14 heteroatoms. The Morgan fingerprint density at radius 1 is 1.16 bits per heavy atom. The highest BCUT2D eigenvalue weighted by molar-refractivity contribution is 6.07. The number of rotatable bonds is 5. The highest BCUT2D eigenvalue weighted by atomic mass is 19.4. The van der Waals surface area contributed by atoms with Crippen LogP contribution < -0.4 is 20.7 Å². The number of hydrogen-bond donors (Lipinski definition) is 2. The molecule has 2 aliphatic rings. The first-order valence-corrected chi connectivity index (χ1v) is 13.9. The average Bonchev–Trinajstić information content (AvgIpc) is 3.00. The molecule has 0 aliphatic carbocycles. The van der Waals surface area contributed by atoms with Crippen molar-refractivity contribution in [2.75, 3.05) is 48.3 Å². The fraction of sp³-hybridized carbons (Fsp3) is 0.367. The molecule has 2 atom stereocenters. The van der Waals surface area contributed by atoms with Crippen LogP contribution in [-0.2, 0) is 6.18 Å². The molecular weight excluding hydrogens is 580 g/mol. The van der Waals surface area contributed by atoms with Gasteiger partial charge >= 0.3 is 6.18 Å². The molecule has 44 heavy (non-hydrogen) atoms. The number of likely N-dealkylation sites (N-methyl/N-ethyl adjacent to an activating group) is 1. The van der Waals surface area contributed by atoms with Gasteiger partial charge in [-0.1, -0.05) is 6.08 Å². The van der Waals surface area contributed by atoms with Crippen LogP contribution >= 0.6 is 0 Å². The summed E-state index contributed by atoms with van der Waals surface area (Å²) >= 11 is 0. The van der Waals surface area contributed by atoms with Crippen molar-refractivity contribution in [1.82, 2.24) is 19.9 Å². The zero-order chi connectivity index (χ0) is 31.8. The van der Waals surface area contributed by atoms with E-state index in [0.717, 1.165) is 6.20 Å². The Morgan fingerprint density at radius 3 is 2.52 bits per heavy atom. The van der Waals surface area contributed by atoms with E-state index in [1.54, 1.807) is 6.07 Å². The zero-order valence-electron chi connectivity index (χ0n) is 24.2. The second kappa shape index (κ2) is 12.1. The number of pyridine rings is 1. The van der Waals surface area contributed by atoms with Crippen molar-refractivity contribution in [1.29, 1.82) is 5.26 Å². The van der Waals surface area contributed by atoms with Crippen LogP contribution in [0.2, 0.25) is 0 Å². The Kier molecular flexibility index (Phi) is 8.42.